The van der Waals surface area contributed by atoms with E-state index >= 15 is 0 Å². The minimum Gasteiger partial charge on any atom is -0.320 e. The quantitative estimate of drug-likeness (QED) is 0.602. The van der Waals surface area contributed by atoms with E-state index in [0.29, 0.717) is 5.41 Å². The summed E-state index contributed by atoms with van der Waals surface area (Å²) in [7, 11) is 2.06. The molecule has 1 aromatic carbocycles. The molecule has 2 aromatic rings. The number of rotatable bonds is 9. The first-order valence-corrected chi connectivity index (χ1v) is 11.1. The van der Waals surface area contributed by atoms with Gasteiger partial charge in [0.25, 0.3) is 0 Å². The summed E-state index contributed by atoms with van der Waals surface area (Å²) in [6.45, 7) is 2.07. The standard InChI is InChI=1S/C26H33N3/c1-27-17-15-26(18-21-8-3-2-4-9-21)19-23(29-20-26)11-7-13-25-24-12-6-5-10-22(24)14-16-28-25/h2-3,5-6,8,10,12,14,16,27H,4,7,9,11,13,15,17-20H2,1H3. The van der Waals surface area contributed by atoms with Crippen LogP contribution in [-0.4, -0.2) is 30.8 Å². The fourth-order valence-corrected chi connectivity index (χ4v) is 4.88. The Bertz CT molecular complexity index is 919. The van der Waals surface area contributed by atoms with Crippen molar-refractivity contribution in [1.82, 2.24) is 10.3 Å². The molecule has 3 nitrogen and oxygen atoms in total. The molecule has 1 aromatic heterocycles. The maximum atomic E-state index is 5.02. The second-order valence-electron chi connectivity index (χ2n) is 8.71. The predicted molar refractivity (Wildman–Crippen MR) is 124 cm³/mol. The Morgan fingerprint density at radius 2 is 2.07 bits per heavy atom. The molecule has 2 aliphatic rings. The summed E-state index contributed by atoms with van der Waals surface area (Å²) in [5.74, 6) is 0. The minimum atomic E-state index is 0.326. The van der Waals surface area contributed by atoms with Crippen molar-refractivity contribution in [3.63, 3.8) is 0 Å². The van der Waals surface area contributed by atoms with E-state index in [2.05, 4.69) is 65.9 Å². The van der Waals surface area contributed by atoms with Gasteiger partial charge in [0.1, 0.15) is 0 Å². The first-order chi connectivity index (χ1) is 14.3. The van der Waals surface area contributed by atoms with E-state index < -0.39 is 0 Å². The highest BCUT2D eigenvalue weighted by Gasteiger charge is 2.35. The molecule has 1 aliphatic carbocycles. The highest BCUT2D eigenvalue weighted by molar-refractivity contribution is 5.87. The Hall–Kier alpha value is -2.26. The molecule has 1 N–H and O–H groups in total. The summed E-state index contributed by atoms with van der Waals surface area (Å²) in [6.07, 6.45) is 18.1. The van der Waals surface area contributed by atoms with E-state index in [1.165, 1.54) is 54.3 Å². The second-order valence-corrected chi connectivity index (χ2v) is 8.71. The number of aromatic nitrogens is 1. The van der Waals surface area contributed by atoms with E-state index in [4.69, 9.17) is 4.99 Å². The van der Waals surface area contributed by atoms with Crippen LogP contribution < -0.4 is 5.32 Å². The highest BCUT2D eigenvalue weighted by Crippen LogP contribution is 2.41. The number of aryl methyl sites for hydroxylation is 1. The van der Waals surface area contributed by atoms with Crippen molar-refractivity contribution < 1.29 is 0 Å². The van der Waals surface area contributed by atoms with Gasteiger partial charge in [0.05, 0.1) is 0 Å². The molecular weight excluding hydrogens is 354 g/mol. The van der Waals surface area contributed by atoms with Crippen LogP contribution in [0.4, 0.5) is 0 Å². The van der Waals surface area contributed by atoms with Crippen LogP contribution in [0.1, 0.15) is 50.6 Å². The maximum absolute atomic E-state index is 5.02. The fraction of sp³-hybridized carbons (Fsp3) is 0.462. The SMILES string of the molecule is CNCCC1(CC2=CC=CCC2)CN=C(CCCc2nccc3ccccc23)C1. The smallest absolute Gasteiger partial charge is 0.0481 e. The molecular formula is C26H33N3. The molecule has 1 unspecified atom stereocenters. The summed E-state index contributed by atoms with van der Waals surface area (Å²) in [4.78, 5) is 9.68. The van der Waals surface area contributed by atoms with Gasteiger partial charge in [-0.3, -0.25) is 9.98 Å². The van der Waals surface area contributed by atoms with E-state index in [9.17, 15) is 0 Å². The maximum Gasteiger partial charge on any atom is 0.0481 e. The van der Waals surface area contributed by atoms with E-state index in [1.54, 1.807) is 5.57 Å². The predicted octanol–water partition coefficient (Wildman–Crippen LogP) is 5.66. The fourth-order valence-electron chi connectivity index (χ4n) is 4.88. The molecule has 0 radical (unpaired) electrons. The van der Waals surface area contributed by atoms with Gasteiger partial charge in [0.15, 0.2) is 0 Å². The van der Waals surface area contributed by atoms with Crippen LogP contribution in [0, 0.1) is 5.41 Å². The lowest BCUT2D eigenvalue weighted by molar-refractivity contribution is 0.294. The molecule has 4 rings (SSSR count). The monoisotopic (exact) mass is 387 g/mol. The summed E-state index contributed by atoms with van der Waals surface area (Å²) in [5.41, 5.74) is 4.59. The number of nitrogens with one attached hydrogen (secondary N) is 1. The van der Waals surface area contributed by atoms with Crippen LogP contribution in [-0.2, 0) is 6.42 Å². The molecule has 0 saturated carbocycles. The van der Waals surface area contributed by atoms with E-state index in [-0.39, 0.29) is 0 Å². The van der Waals surface area contributed by atoms with Gasteiger partial charge >= 0.3 is 0 Å². The van der Waals surface area contributed by atoms with E-state index in [0.717, 1.165) is 32.4 Å². The highest BCUT2D eigenvalue weighted by atomic mass is 14.8. The molecule has 29 heavy (non-hydrogen) atoms. The number of aliphatic imine (C=N–C) groups is 1. The summed E-state index contributed by atoms with van der Waals surface area (Å²) in [6, 6.07) is 10.7. The number of fused-ring (bicyclic) bond motifs is 1. The molecule has 0 spiro atoms. The van der Waals surface area contributed by atoms with Crippen molar-refractivity contribution in [2.24, 2.45) is 10.4 Å². The molecule has 1 aliphatic heterocycles. The molecule has 1 atom stereocenters. The zero-order chi connectivity index (χ0) is 19.9. The number of benzene rings is 1. The molecule has 0 bridgehead atoms. The van der Waals surface area contributed by atoms with Crippen molar-refractivity contribution in [2.45, 2.75) is 51.4 Å². The van der Waals surface area contributed by atoms with Gasteiger partial charge in [0.2, 0.25) is 0 Å². The van der Waals surface area contributed by atoms with Gasteiger partial charge in [-0.15, -0.1) is 0 Å². The van der Waals surface area contributed by atoms with Gasteiger partial charge in [-0.1, -0.05) is 48.1 Å². The van der Waals surface area contributed by atoms with Gasteiger partial charge in [-0.25, -0.2) is 0 Å². The summed E-state index contributed by atoms with van der Waals surface area (Å²) in [5, 5.41) is 5.94. The van der Waals surface area contributed by atoms with Crippen molar-refractivity contribution in [2.75, 3.05) is 20.1 Å². The zero-order valence-electron chi connectivity index (χ0n) is 17.7. The molecule has 3 heteroatoms. The van der Waals surface area contributed by atoms with Crippen LogP contribution in [0.2, 0.25) is 0 Å². The number of nitrogens with zero attached hydrogens (tertiary/aromatic N) is 2. The first-order valence-electron chi connectivity index (χ1n) is 11.1. The third-order valence-corrected chi connectivity index (χ3v) is 6.46. The van der Waals surface area contributed by atoms with Gasteiger partial charge in [-0.05, 0) is 81.8 Å². The molecule has 0 fully saturated rings. The normalized spacial score (nSPS) is 21.4. The van der Waals surface area contributed by atoms with Gasteiger partial charge < -0.3 is 5.32 Å². The van der Waals surface area contributed by atoms with E-state index in [1.807, 2.05) is 6.20 Å². The second kappa shape index (κ2) is 9.49. The third kappa shape index (κ3) is 5.02. The lowest BCUT2D eigenvalue weighted by Gasteiger charge is -2.30. The molecule has 0 saturated heterocycles. The van der Waals surface area contributed by atoms with Crippen LogP contribution >= 0.6 is 0 Å². The van der Waals surface area contributed by atoms with Crippen LogP contribution in [0.3, 0.4) is 0 Å². The first kappa shape index (κ1) is 20.0. The number of pyridine rings is 1. The zero-order valence-corrected chi connectivity index (χ0v) is 17.7. The Balaban J connectivity index is 1.36. The molecule has 152 valence electrons. The summed E-state index contributed by atoms with van der Waals surface area (Å²) < 4.78 is 0. The average molecular weight is 388 g/mol. The Morgan fingerprint density at radius 3 is 2.93 bits per heavy atom. The van der Waals surface area contributed by atoms with Crippen molar-refractivity contribution in [3.8, 4) is 0 Å². The molecule has 2 heterocycles. The topological polar surface area (TPSA) is 37.3 Å². The lowest BCUT2D eigenvalue weighted by atomic mass is 9.74. The third-order valence-electron chi connectivity index (χ3n) is 6.46. The Labute approximate surface area is 175 Å². The van der Waals surface area contributed by atoms with Gasteiger partial charge in [0, 0.05) is 29.5 Å². The van der Waals surface area contributed by atoms with Crippen LogP contribution in [0.5, 0.6) is 0 Å². The Morgan fingerprint density at radius 1 is 1.14 bits per heavy atom. The summed E-state index contributed by atoms with van der Waals surface area (Å²) >= 11 is 0. The molecule has 0 amide bonds. The van der Waals surface area contributed by atoms with Crippen LogP contribution in [0.15, 0.2) is 65.3 Å². The Kier molecular flexibility index (Phi) is 6.56. The number of hydrogen-bond donors (Lipinski definition) is 1. The van der Waals surface area contributed by atoms with Crippen molar-refractivity contribution in [1.29, 1.82) is 0 Å². The van der Waals surface area contributed by atoms with Crippen molar-refractivity contribution in [3.05, 3.63) is 66.0 Å². The minimum absolute atomic E-state index is 0.326. The van der Waals surface area contributed by atoms with Crippen LogP contribution in [0.25, 0.3) is 10.8 Å². The number of hydrogen-bond acceptors (Lipinski definition) is 3. The lowest BCUT2D eigenvalue weighted by Crippen LogP contribution is -2.28. The van der Waals surface area contributed by atoms with Gasteiger partial charge in [-0.2, -0.15) is 0 Å². The number of allylic oxidation sites excluding steroid dienone is 4. The van der Waals surface area contributed by atoms with Crippen molar-refractivity contribution >= 4 is 16.5 Å². The largest absolute Gasteiger partial charge is 0.320 e. The average Bonchev–Trinajstić information content (AvgIpc) is 3.16.